The van der Waals surface area contributed by atoms with Crippen molar-refractivity contribution in [3.63, 3.8) is 0 Å². The number of hydrogen-bond acceptors (Lipinski definition) is 5. The van der Waals surface area contributed by atoms with E-state index >= 15 is 0 Å². The Bertz CT molecular complexity index is 525. The van der Waals surface area contributed by atoms with Crippen LogP contribution in [0.1, 0.15) is 29.5 Å². The number of fused-ring (bicyclic) bond motifs is 1. The van der Waals surface area contributed by atoms with Gasteiger partial charge in [-0.2, -0.15) is 4.98 Å². The monoisotopic (exact) mass is 245 g/mol. The van der Waals surface area contributed by atoms with Crippen molar-refractivity contribution in [2.45, 2.75) is 25.3 Å². The Hall–Kier alpha value is -1.88. The molecule has 0 aliphatic heterocycles. The third-order valence-electron chi connectivity index (χ3n) is 3.38. The van der Waals surface area contributed by atoms with Gasteiger partial charge >= 0.3 is 0 Å². The molecule has 0 radical (unpaired) electrons. The van der Waals surface area contributed by atoms with Crippen LogP contribution in [0, 0.1) is 0 Å². The Morgan fingerprint density at radius 3 is 3.22 bits per heavy atom. The summed E-state index contributed by atoms with van der Waals surface area (Å²) in [7, 11) is 0. The molecule has 0 fully saturated rings. The quantitative estimate of drug-likeness (QED) is 0.856. The fraction of sp³-hybridized carbons (Fsp3) is 0.385. The molecule has 1 aliphatic carbocycles. The molecular weight excluding hydrogens is 230 g/mol. The Labute approximate surface area is 105 Å². The predicted octanol–water partition coefficient (Wildman–Crippen LogP) is 1.59. The van der Waals surface area contributed by atoms with Gasteiger partial charge in [0.2, 0.25) is 5.89 Å². The average molecular weight is 245 g/mol. The first-order valence-corrected chi connectivity index (χ1v) is 6.14. The first-order valence-electron chi connectivity index (χ1n) is 6.14. The highest BCUT2D eigenvalue weighted by Gasteiger charge is 2.23. The second-order valence-corrected chi connectivity index (χ2v) is 4.48. The van der Waals surface area contributed by atoms with Gasteiger partial charge in [0.25, 0.3) is 0 Å². The summed E-state index contributed by atoms with van der Waals surface area (Å²) in [5.41, 5.74) is 2.29. The SMILES string of the molecule is Oc1cccc2c1CCC2NCCc1ncno1. The molecule has 1 unspecified atom stereocenters. The van der Waals surface area contributed by atoms with E-state index < -0.39 is 0 Å². The van der Waals surface area contributed by atoms with E-state index in [0.29, 0.717) is 17.7 Å². The molecule has 1 heterocycles. The van der Waals surface area contributed by atoms with Gasteiger partial charge in [0.05, 0.1) is 0 Å². The lowest BCUT2D eigenvalue weighted by Crippen LogP contribution is -2.21. The molecule has 1 aromatic heterocycles. The van der Waals surface area contributed by atoms with Crippen LogP contribution in [0.2, 0.25) is 0 Å². The van der Waals surface area contributed by atoms with E-state index in [2.05, 4.69) is 21.5 Å². The Balaban J connectivity index is 1.61. The maximum atomic E-state index is 9.76. The molecular formula is C13H15N3O2. The number of rotatable bonds is 4. The molecule has 0 saturated heterocycles. The summed E-state index contributed by atoms with van der Waals surface area (Å²) in [5.74, 6) is 1.06. The molecule has 2 N–H and O–H groups in total. The van der Waals surface area contributed by atoms with Crippen molar-refractivity contribution in [3.8, 4) is 5.75 Å². The highest BCUT2D eigenvalue weighted by atomic mass is 16.5. The van der Waals surface area contributed by atoms with E-state index in [-0.39, 0.29) is 0 Å². The second kappa shape index (κ2) is 4.78. The second-order valence-electron chi connectivity index (χ2n) is 4.48. The number of hydrogen-bond donors (Lipinski definition) is 2. The Morgan fingerprint density at radius 2 is 2.39 bits per heavy atom. The van der Waals surface area contributed by atoms with Crippen molar-refractivity contribution in [1.82, 2.24) is 15.5 Å². The van der Waals surface area contributed by atoms with Gasteiger partial charge in [0, 0.05) is 19.0 Å². The Morgan fingerprint density at radius 1 is 1.44 bits per heavy atom. The van der Waals surface area contributed by atoms with Crippen LogP contribution in [0.15, 0.2) is 29.0 Å². The minimum absolute atomic E-state index is 0.315. The van der Waals surface area contributed by atoms with Gasteiger partial charge in [0.15, 0.2) is 6.33 Å². The van der Waals surface area contributed by atoms with Gasteiger partial charge in [0.1, 0.15) is 5.75 Å². The number of nitrogens with zero attached hydrogens (tertiary/aromatic N) is 2. The van der Waals surface area contributed by atoms with Crippen molar-refractivity contribution in [2.24, 2.45) is 0 Å². The lowest BCUT2D eigenvalue weighted by molar-refractivity contribution is 0.371. The van der Waals surface area contributed by atoms with Gasteiger partial charge < -0.3 is 14.9 Å². The standard InChI is InChI=1S/C13H15N3O2/c17-12-3-1-2-9-10(12)4-5-11(9)14-7-6-13-15-8-16-18-13/h1-3,8,11,14,17H,4-7H2. The zero-order valence-electron chi connectivity index (χ0n) is 9.97. The van der Waals surface area contributed by atoms with E-state index in [1.54, 1.807) is 6.07 Å². The lowest BCUT2D eigenvalue weighted by Gasteiger charge is -2.13. The van der Waals surface area contributed by atoms with Crippen LogP contribution in [0.5, 0.6) is 5.75 Å². The lowest BCUT2D eigenvalue weighted by atomic mass is 10.1. The summed E-state index contributed by atoms with van der Waals surface area (Å²) < 4.78 is 4.95. The van der Waals surface area contributed by atoms with Gasteiger partial charge in [-0.15, -0.1) is 0 Å². The van der Waals surface area contributed by atoms with Crippen LogP contribution < -0.4 is 5.32 Å². The summed E-state index contributed by atoms with van der Waals surface area (Å²) in [4.78, 5) is 3.98. The molecule has 1 atom stereocenters. The van der Waals surface area contributed by atoms with Crippen molar-refractivity contribution < 1.29 is 9.63 Å². The first kappa shape index (κ1) is 11.2. The predicted molar refractivity (Wildman–Crippen MR) is 65.2 cm³/mol. The highest BCUT2D eigenvalue weighted by Crippen LogP contribution is 2.35. The van der Waals surface area contributed by atoms with Crippen molar-refractivity contribution in [3.05, 3.63) is 41.5 Å². The molecule has 3 rings (SSSR count). The molecule has 0 amide bonds. The maximum Gasteiger partial charge on any atom is 0.227 e. The van der Waals surface area contributed by atoms with Crippen LogP contribution in [-0.4, -0.2) is 21.8 Å². The van der Waals surface area contributed by atoms with Crippen molar-refractivity contribution in [1.29, 1.82) is 0 Å². The van der Waals surface area contributed by atoms with Crippen LogP contribution in [0.25, 0.3) is 0 Å². The molecule has 1 aliphatic rings. The number of aromatic hydroxyl groups is 1. The van der Waals surface area contributed by atoms with Gasteiger partial charge in [-0.3, -0.25) is 0 Å². The summed E-state index contributed by atoms with van der Waals surface area (Å²) >= 11 is 0. The van der Waals surface area contributed by atoms with E-state index in [0.717, 1.165) is 31.4 Å². The number of benzene rings is 1. The largest absolute Gasteiger partial charge is 0.508 e. The van der Waals surface area contributed by atoms with Gasteiger partial charge in [-0.05, 0) is 30.0 Å². The average Bonchev–Trinajstić information content (AvgIpc) is 3.00. The molecule has 5 heteroatoms. The fourth-order valence-electron chi connectivity index (χ4n) is 2.51. The number of aromatic nitrogens is 2. The third-order valence-corrected chi connectivity index (χ3v) is 3.38. The summed E-state index contributed by atoms with van der Waals surface area (Å²) in [6.07, 6.45) is 4.10. The van der Waals surface area contributed by atoms with Gasteiger partial charge in [-0.25, -0.2) is 0 Å². The number of phenols is 1. The zero-order chi connectivity index (χ0) is 12.4. The molecule has 18 heavy (non-hydrogen) atoms. The highest BCUT2D eigenvalue weighted by molar-refractivity contribution is 5.44. The van der Waals surface area contributed by atoms with Crippen LogP contribution in [-0.2, 0) is 12.8 Å². The molecule has 0 spiro atoms. The third kappa shape index (κ3) is 2.09. The fourth-order valence-corrected chi connectivity index (χ4v) is 2.51. The molecule has 0 saturated carbocycles. The first-order chi connectivity index (χ1) is 8.84. The van der Waals surface area contributed by atoms with Crippen LogP contribution in [0.4, 0.5) is 0 Å². The van der Waals surface area contributed by atoms with Crippen LogP contribution >= 0.6 is 0 Å². The molecule has 0 bridgehead atoms. The van der Waals surface area contributed by atoms with E-state index in [1.807, 2.05) is 6.07 Å². The minimum Gasteiger partial charge on any atom is -0.508 e. The topological polar surface area (TPSA) is 71.2 Å². The number of nitrogens with one attached hydrogen (secondary N) is 1. The number of phenolic OH excluding ortho intramolecular Hbond substituents is 1. The van der Waals surface area contributed by atoms with Crippen molar-refractivity contribution >= 4 is 0 Å². The van der Waals surface area contributed by atoms with E-state index in [1.165, 1.54) is 11.9 Å². The summed E-state index contributed by atoms with van der Waals surface area (Å²) in [6, 6.07) is 6.04. The van der Waals surface area contributed by atoms with Crippen LogP contribution in [0.3, 0.4) is 0 Å². The normalized spacial score (nSPS) is 17.9. The van der Waals surface area contributed by atoms with E-state index in [4.69, 9.17) is 4.52 Å². The zero-order valence-corrected chi connectivity index (χ0v) is 9.97. The summed E-state index contributed by atoms with van der Waals surface area (Å²) in [6.45, 7) is 0.794. The minimum atomic E-state index is 0.315. The molecule has 2 aromatic rings. The molecule has 5 nitrogen and oxygen atoms in total. The Kier molecular flexibility index (Phi) is 2.98. The summed E-state index contributed by atoms with van der Waals surface area (Å²) in [5, 5.41) is 16.8. The van der Waals surface area contributed by atoms with E-state index in [9.17, 15) is 5.11 Å². The molecule has 1 aromatic carbocycles. The van der Waals surface area contributed by atoms with Crippen molar-refractivity contribution in [2.75, 3.05) is 6.54 Å². The molecule has 94 valence electrons. The van der Waals surface area contributed by atoms with Gasteiger partial charge in [-0.1, -0.05) is 17.3 Å². The smallest absolute Gasteiger partial charge is 0.227 e. The maximum absolute atomic E-state index is 9.76.